The Hall–Kier alpha value is -4.29. The number of pyridine rings is 1. The summed E-state index contributed by atoms with van der Waals surface area (Å²) in [6.07, 6.45) is 1.80. The van der Waals surface area contributed by atoms with E-state index in [1.165, 1.54) is 34.8 Å². The number of ether oxygens (including phenoxy) is 1. The van der Waals surface area contributed by atoms with Gasteiger partial charge in [0.25, 0.3) is 0 Å². The van der Waals surface area contributed by atoms with Gasteiger partial charge < -0.3 is 39.9 Å². The smallest absolute Gasteiger partial charge is 0.349 e. The lowest BCUT2D eigenvalue weighted by molar-refractivity contribution is -0.169. The van der Waals surface area contributed by atoms with Gasteiger partial charge in [0.2, 0.25) is 17.1 Å². The number of rotatable bonds is 16. The number of nitrogens with zero attached hydrogens (tertiary/aromatic N) is 1. The Morgan fingerprint density at radius 1 is 0.983 bits per heavy atom. The Morgan fingerprint density at radius 3 is 2.27 bits per heavy atom. The zero-order valence-electron chi connectivity index (χ0n) is 34.8. The van der Waals surface area contributed by atoms with Crippen molar-refractivity contribution >= 4 is 59.5 Å². The molecule has 60 heavy (non-hydrogen) atoms. The van der Waals surface area contributed by atoms with Gasteiger partial charge in [0.15, 0.2) is 8.32 Å². The van der Waals surface area contributed by atoms with Crippen molar-refractivity contribution < 1.29 is 37.7 Å². The number of H-pyrrole nitrogens is 1. The predicted octanol–water partition coefficient (Wildman–Crippen LogP) is 8.54. The molecule has 11 nitrogen and oxygen atoms in total. The molecular formula is C44H54F2N4O7S2Si. The number of aromatic amines is 1. The van der Waals surface area contributed by atoms with Crippen LogP contribution >= 0.6 is 22.7 Å². The van der Waals surface area contributed by atoms with Gasteiger partial charge in [0.1, 0.15) is 23.5 Å². The Bertz CT molecular complexity index is 2290. The minimum Gasteiger partial charge on any atom is -0.506 e. The van der Waals surface area contributed by atoms with Crippen molar-refractivity contribution in [1.29, 1.82) is 0 Å². The molecule has 322 valence electrons. The lowest BCUT2D eigenvalue weighted by atomic mass is 9.91. The molecule has 1 aliphatic carbocycles. The van der Waals surface area contributed by atoms with Crippen molar-refractivity contribution in [1.82, 2.24) is 15.2 Å². The number of hydrogen-bond donors (Lipinski definition) is 5. The van der Waals surface area contributed by atoms with Gasteiger partial charge >= 0.3 is 5.97 Å². The summed E-state index contributed by atoms with van der Waals surface area (Å²) in [7, 11) is -0.456. The monoisotopic (exact) mass is 880 g/mol. The quantitative estimate of drug-likeness (QED) is 0.0485. The van der Waals surface area contributed by atoms with Gasteiger partial charge in [-0.2, -0.15) is 0 Å². The fourth-order valence-corrected chi connectivity index (χ4v) is 10.2. The summed E-state index contributed by atoms with van der Waals surface area (Å²) in [5, 5.41) is 31.9. The number of carbonyl (C=O) groups is 2. The van der Waals surface area contributed by atoms with Crippen LogP contribution in [-0.4, -0.2) is 72.6 Å². The molecule has 2 aromatic carbocycles. The molecule has 16 heteroatoms. The van der Waals surface area contributed by atoms with Crippen LogP contribution in [-0.2, 0) is 30.9 Å². The number of phenolic OH excluding ortho intramolecular Hbond substituents is 1. The molecule has 1 amide bonds. The van der Waals surface area contributed by atoms with E-state index in [9.17, 15) is 24.6 Å². The van der Waals surface area contributed by atoms with Crippen LogP contribution < -0.4 is 16.2 Å². The topological polar surface area (TPSA) is 153 Å². The van der Waals surface area contributed by atoms with Crippen LogP contribution in [0.2, 0.25) is 18.1 Å². The molecular weight excluding hydrogens is 827 g/mol. The summed E-state index contributed by atoms with van der Waals surface area (Å²) in [4.78, 5) is 44.2. The van der Waals surface area contributed by atoms with Crippen molar-refractivity contribution in [2.45, 2.75) is 101 Å². The largest absolute Gasteiger partial charge is 0.506 e. The SMILES string of the molecule is CN(CCC(=O)Nc1cc(F)c(CNC[C@H](O[Si](C)(C)C(C)(C)C)c2ccc(O)c3[nH]c(=O)ccc23)cc1F)[C@H]1CC[C@H](OC(=O)C(O)(c2cccs2)c2cccs2)CC1. The molecule has 0 aliphatic heterocycles. The Labute approximate surface area is 357 Å². The van der Waals surface area contributed by atoms with Crippen molar-refractivity contribution in [2.75, 3.05) is 25.5 Å². The van der Waals surface area contributed by atoms with Crippen LogP contribution in [0.5, 0.6) is 5.75 Å². The van der Waals surface area contributed by atoms with E-state index < -0.39 is 43.5 Å². The third-order valence-corrected chi connectivity index (χ3v) is 18.3. The van der Waals surface area contributed by atoms with E-state index >= 15 is 8.78 Å². The summed E-state index contributed by atoms with van der Waals surface area (Å²) in [5.74, 6) is -2.67. The third kappa shape index (κ3) is 10.2. The van der Waals surface area contributed by atoms with E-state index in [2.05, 4.69) is 54.4 Å². The average molecular weight is 881 g/mol. The minimum absolute atomic E-state index is 0.0302. The number of aromatic nitrogens is 1. The second-order valence-corrected chi connectivity index (χ2v) is 23.6. The number of esters is 1. The number of nitrogens with one attached hydrogen (secondary N) is 3. The highest BCUT2D eigenvalue weighted by Gasteiger charge is 2.45. The number of amides is 1. The normalized spacial score (nSPS) is 16.9. The lowest BCUT2D eigenvalue weighted by Crippen LogP contribution is -2.43. The van der Waals surface area contributed by atoms with Crippen LogP contribution in [0, 0.1) is 11.6 Å². The number of phenols is 1. The molecule has 6 rings (SSSR count). The number of thiophene rings is 2. The molecule has 1 saturated carbocycles. The van der Waals surface area contributed by atoms with Crippen LogP contribution in [0.4, 0.5) is 14.5 Å². The lowest BCUT2D eigenvalue weighted by Gasteiger charge is -2.39. The van der Waals surface area contributed by atoms with E-state index in [1.54, 1.807) is 36.4 Å². The summed E-state index contributed by atoms with van der Waals surface area (Å²) in [6, 6.07) is 15.5. The summed E-state index contributed by atoms with van der Waals surface area (Å²) in [6.45, 7) is 11.1. The molecule has 0 radical (unpaired) electrons. The Morgan fingerprint density at radius 2 is 1.65 bits per heavy atom. The molecule has 5 N–H and O–H groups in total. The highest BCUT2D eigenvalue weighted by atomic mass is 32.1. The van der Waals surface area contributed by atoms with Gasteiger partial charge in [0.05, 0.1) is 27.1 Å². The third-order valence-electron chi connectivity index (χ3n) is 11.8. The number of halogens is 2. The molecule has 5 aromatic rings. The van der Waals surface area contributed by atoms with Crippen LogP contribution in [0.3, 0.4) is 0 Å². The maximum Gasteiger partial charge on any atom is 0.349 e. The maximum atomic E-state index is 15.4. The molecule has 1 aliphatic rings. The van der Waals surface area contributed by atoms with Gasteiger partial charge in [0, 0.05) is 55.2 Å². The second-order valence-electron chi connectivity index (χ2n) is 17.0. The number of aliphatic hydroxyl groups is 1. The summed E-state index contributed by atoms with van der Waals surface area (Å²) in [5.41, 5.74) is -1.37. The first-order valence-corrected chi connectivity index (χ1v) is 24.8. The fourth-order valence-electron chi connectivity index (χ4n) is 7.25. The first-order chi connectivity index (χ1) is 28.4. The van der Waals surface area contributed by atoms with Crippen molar-refractivity contribution in [3.05, 3.63) is 114 Å². The number of carbonyl (C=O) groups excluding carboxylic acids is 2. The van der Waals surface area contributed by atoms with Crippen molar-refractivity contribution in [3.8, 4) is 5.75 Å². The highest BCUT2D eigenvalue weighted by Crippen LogP contribution is 2.42. The molecule has 3 heterocycles. The van der Waals surface area contributed by atoms with Gasteiger partial charge in [-0.3, -0.25) is 9.59 Å². The first kappa shape index (κ1) is 45.2. The van der Waals surface area contributed by atoms with Crippen molar-refractivity contribution in [3.63, 3.8) is 0 Å². The van der Waals surface area contributed by atoms with Crippen molar-refractivity contribution in [2.24, 2.45) is 0 Å². The Balaban J connectivity index is 1.01. The summed E-state index contributed by atoms with van der Waals surface area (Å²) < 4.78 is 43.5. The highest BCUT2D eigenvalue weighted by molar-refractivity contribution is 7.12. The second kappa shape index (κ2) is 18.8. The van der Waals surface area contributed by atoms with Gasteiger partial charge in [-0.15, -0.1) is 22.7 Å². The molecule has 3 aromatic heterocycles. The number of fused-ring (bicyclic) bond motifs is 1. The van der Waals surface area contributed by atoms with Crippen LogP contribution in [0.25, 0.3) is 10.9 Å². The predicted molar refractivity (Wildman–Crippen MR) is 235 cm³/mol. The molecule has 0 unspecified atom stereocenters. The van der Waals surface area contributed by atoms with Gasteiger partial charge in [-0.25, -0.2) is 13.6 Å². The van der Waals surface area contributed by atoms with E-state index in [1.807, 2.05) is 17.8 Å². The zero-order chi connectivity index (χ0) is 43.4. The standard InChI is InChI=1S/C44H54F2N4O7S2Si/c1-43(2,3)60(5,6)57-36(30-15-17-35(51)41-31(30)16-18-39(52)49-41)26-47-25-27-23-33(46)34(24-32(27)45)48-40(53)19-20-50(4)28-11-13-29(14-12-28)56-42(54)44(55,37-9-7-21-58-37)38-10-8-22-59-38/h7-10,15-18,21-24,28-29,36,47,51,55H,11-14,19-20,25-26H2,1-6H3,(H,48,53)(H,49,52)/t28-,29-,36-/m0/s1. The van der Waals surface area contributed by atoms with Crippen LogP contribution in [0.15, 0.2) is 76.2 Å². The zero-order valence-corrected chi connectivity index (χ0v) is 37.4. The summed E-state index contributed by atoms with van der Waals surface area (Å²) >= 11 is 2.59. The van der Waals surface area contributed by atoms with Gasteiger partial charge in [-0.05, 0) is 97.5 Å². The molecule has 1 atom stereocenters. The van der Waals surface area contributed by atoms with E-state index in [0.717, 1.165) is 30.5 Å². The number of hydrogen-bond acceptors (Lipinski definition) is 11. The van der Waals surface area contributed by atoms with Crippen LogP contribution in [0.1, 0.15) is 79.9 Å². The fraction of sp³-hybridized carbons (Fsp3) is 0.432. The first-order valence-electron chi connectivity index (χ1n) is 20.1. The Kier molecular flexibility index (Phi) is 14.1. The molecule has 1 fully saturated rings. The number of anilines is 1. The molecule has 0 bridgehead atoms. The number of benzene rings is 2. The van der Waals surface area contributed by atoms with E-state index in [0.29, 0.717) is 40.0 Å². The van der Waals surface area contributed by atoms with Gasteiger partial charge in [-0.1, -0.05) is 39.0 Å². The molecule has 0 saturated heterocycles. The van der Waals surface area contributed by atoms with E-state index in [4.69, 9.17) is 9.16 Å². The van der Waals surface area contributed by atoms with E-state index in [-0.39, 0.29) is 59.3 Å². The minimum atomic E-state index is -2.36. The molecule has 0 spiro atoms. The maximum absolute atomic E-state index is 15.4. The number of aromatic hydroxyl groups is 1. The average Bonchev–Trinajstić information content (AvgIpc) is 3.95.